The van der Waals surface area contributed by atoms with Crippen LogP contribution in [0.3, 0.4) is 0 Å². The number of likely N-dealkylation sites (N-methyl/N-ethyl adjacent to an activating group) is 1. The fourth-order valence-electron chi connectivity index (χ4n) is 2.20. The summed E-state index contributed by atoms with van der Waals surface area (Å²) in [6.45, 7) is 6.78. The van der Waals surface area contributed by atoms with Gasteiger partial charge in [0.25, 0.3) is 0 Å². The molecule has 0 aromatic carbocycles. The summed E-state index contributed by atoms with van der Waals surface area (Å²) >= 11 is 1.66. The second kappa shape index (κ2) is 6.00. The quantitative estimate of drug-likeness (QED) is 0.720. The Morgan fingerprint density at radius 2 is 2.09 bits per heavy atom. The molecule has 0 fully saturated rings. The Labute approximate surface area is 133 Å². The van der Waals surface area contributed by atoms with E-state index in [2.05, 4.69) is 25.0 Å². The Hall–Kier alpha value is -2.02. The number of thiophene rings is 1. The van der Waals surface area contributed by atoms with E-state index in [-0.39, 0.29) is 5.92 Å². The smallest absolute Gasteiger partial charge is 0.229 e. The number of aromatic nitrogens is 4. The molecule has 0 atom stereocenters. The minimum absolute atomic E-state index is 0.259. The van der Waals surface area contributed by atoms with E-state index in [1.54, 1.807) is 11.3 Å². The van der Waals surface area contributed by atoms with Crippen molar-refractivity contribution in [2.24, 2.45) is 0 Å². The lowest BCUT2D eigenvalue weighted by Gasteiger charge is -2.18. The molecule has 116 valence electrons. The summed E-state index contributed by atoms with van der Waals surface area (Å²) in [4.78, 5) is 15.6. The van der Waals surface area contributed by atoms with Gasteiger partial charge in [-0.25, -0.2) is 9.97 Å². The third-order valence-electron chi connectivity index (χ3n) is 3.41. The maximum Gasteiger partial charge on any atom is 0.229 e. The molecule has 7 heteroatoms. The highest BCUT2D eigenvalue weighted by Gasteiger charge is 2.14. The van der Waals surface area contributed by atoms with Gasteiger partial charge in [-0.05, 0) is 18.4 Å². The summed E-state index contributed by atoms with van der Waals surface area (Å²) < 4.78 is 6.35. The second-order valence-corrected chi connectivity index (χ2v) is 6.52. The van der Waals surface area contributed by atoms with Crippen LogP contribution in [0.5, 0.6) is 0 Å². The molecule has 0 aliphatic rings. The van der Waals surface area contributed by atoms with Crippen LogP contribution in [0.4, 0.5) is 5.82 Å². The molecular weight excluding hydrogens is 298 g/mol. The van der Waals surface area contributed by atoms with Crippen molar-refractivity contribution in [1.29, 1.82) is 0 Å². The van der Waals surface area contributed by atoms with Crippen LogP contribution in [0.15, 0.2) is 16.0 Å². The first-order valence-electron chi connectivity index (χ1n) is 7.30. The van der Waals surface area contributed by atoms with Gasteiger partial charge in [0.15, 0.2) is 5.82 Å². The molecule has 3 rings (SSSR count). The molecule has 3 heterocycles. The van der Waals surface area contributed by atoms with Crippen molar-refractivity contribution < 1.29 is 4.52 Å². The third-order valence-corrected chi connectivity index (χ3v) is 4.31. The minimum Gasteiger partial charge on any atom is -0.358 e. The number of fused-ring (bicyclic) bond motifs is 1. The molecule has 0 aliphatic carbocycles. The Balaban J connectivity index is 1.75. The summed E-state index contributed by atoms with van der Waals surface area (Å²) in [5.41, 5.74) is 1.00. The fourth-order valence-corrected chi connectivity index (χ4v) is 3.07. The van der Waals surface area contributed by atoms with Crippen molar-refractivity contribution in [3.05, 3.63) is 29.0 Å². The van der Waals surface area contributed by atoms with Crippen molar-refractivity contribution in [3.8, 4) is 0 Å². The van der Waals surface area contributed by atoms with Crippen molar-refractivity contribution in [3.63, 3.8) is 0 Å². The number of hydrogen-bond acceptors (Lipinski definition) is 7. The standard InChI is InChI=1S/C15H19N5OS/c1-9(2)15-18-12(19-21-15)5-7-20(4)14-13-11(6-8-22-13)16-10(3)17-14/h6,8-9H,5,7H2,1-4H3. The molecule has 0 radical (unpaired) electrons. The van der Waals surface area contributed by atoms with Gasteiger partial charge in [-0.2, -0.15) is 4.98 Å². The Morgan fingerprint density at radius 3 is 2.82 bits per heavy atom. The Morgan fingerprint density at radius 1 is 1.27 bits per heavy atom. The third kappa shape index (κ3) is 2.94. The minimum atomic E-state index is 0.259. The zero-order valence-electron chi connectivity index (χ0n) is 13.2. The lowest BCUT2D eigenvalue weighted by atomic mass is 10.2. The van der Waals surface area contributed by atoms with Crippen LogP contribution in [0.25, 0.3) is 10.2 Å². The van der Waals surface area contributed by atoms with Crippen LogP contribution in [0, 0.1) is 6.92 Å². The maximum atomic E-state index is 5.24. The van der Waals surface area contributed by atoms with Gasteiger partial charge in [0.05, 0.1) is 10.2 Å². The summed E-state index contributed by atoms with van der Waals surface area (Å²) in [5, 5.41) is 6.08. The summed E-state index contributed by atoms with van der Waals surface area (Å²) in [7, 11) is 2.03. The van der Waals surface area contributed by atoms with Crippen molar-refractivity contribution >= 4 is 27.4 Å². The van der Waals surface area contributed by atoms with Crippen LogP contribution in [-0.4, -0.2) is 33.7 Å². The molecule has 3 aromatic heterocycles. The second-order valence-electron chi connectivity index (χ2n) is 5.60. The molecule has 0 aliphatic heterocycles. The van der Waals surface area contributed by atoms with E-state index < -0.39 is 0 Å². The molecule has 0 N–H and O–H groups in total. The first kappa shape index (κ1) is 14.9. The van der Waals surface area contributed by atoms with Crippen LogP contribution >= 0.6 is 11.3 Å². The van der Waals surface area contributed by atoms with Crippen molar-refractivity contribution in [2.45, 2.75) is 33.1 Å². The number of rotatable bonds is 5. The first-order valence-corrected chi connectivity index (χ1v) is 8.18. The Kier molecular flexibility index (Phi) is 4.06. The summed E-state index contributed by atoms with van der Waals surface area (Å²) in [6.07, 6.45) is 0.725. The molecule has 3 aromatic rings. The lowest BCUT2D eigenvalue weighted by molar-refractivity contribution is 0.360. The van der Waals surface area contributed by atoms with E-state index in [1.807, 2.05) is 39.3 Å². The molecule has 0 spiro atoms. The first-order chi connectivity index (χ1) is 10.5. The fraction of sp³-hybridized carbons (Fsp3) is 0.467. The molecule has 6 nitrogen and oxygen atoms in total. The van der Waals surface area contributed by atoms with Gasteiger partial charge >= 0.3 is 0 Å². The summed E-state index contributed by atoms with van der Waals surface area (Å²) in [6, 6.07) is 2.03. The number of nitrogens with zero attached hydrogens (tertiary/aromatic N) is 5. The SMILES string of the molecule is Cc1nc(N(C)CCc2noc(C(C)C)n2)c2sccc2n1. The molecule has 0 bridgehead atoms. The summed E-state index contributed by atoms with van der Waals surface area (Å²) in [5.74, 6) is 3.44. The number of aryl methyl sites for hydroxylation is 1. The zero-order chi connectivity index (χ0) is 15.7. The van der Waals surface area contributed by atoms with Gasteiger partial charge in [0.2, 0.25) is 5.89 Å². The molecule has 22 heavy (non-hydrogen) atoms. The average Bonchev–Trinajstić information content (AvgIpc) is 3.12. The van der Waals surface area contributed by atoms with Crippen LogP contribution < -0.4 is 4.90 Å². The Bertz CT molecular complexity index is 779. The largest absolute Gasteiger partial charge is 0.358 e. The lowest BCUT2D eigenvalue weighted by Crippen LogP contribution is -2.22. The van der Waals surface area contributed by atoms with Gasteiger partial charge < -0.3 is 9.42 Å². The van der Waals surface area contributed by atoms with Crippen LogP contribution in [-0.2, 0) is 6.42 Å². The topological polar surface area (TPSA) is 67.9 Å². The van der Waals surface area contributed by atoms with Crippen molar-refractivity contribution in [1.82, 2.24) is 20.1 Å². The van der Waals surface area contributed by atoms with Gasteiger partial charge in [-0.15, -0.1) is 11.3 Å². The van der Waals surface area contributed by atoms with E-state index in [0.29, 0.717) is 5.89 Å². The highest BCUT2D eigenvalue weighted by molar-refractivity contribution is 7.17. The molecule has 0 saturated heterocycles. The van der Waals surface area contributed by atoms with E-state index in [9.17, 15) is 0 Å². The zero-order valence-corrected chi connectivity index (χ0v) is 14.0. The number of hydrogen-bond donors (Lipinski definition) is 0. The van der Waals surface area contributed by atoms with Crippen molar-refractivity contribution in [2.75, 3.05) is 18.5 Å². The highest BCUT2D eigenvalue weighted by Crippen LogP contribution is 2.28. The van der Waals surface area contributed by atoms with E-state index >= 15 is 0 Å². The predicted molar refractivity (Wildman–Crippen MR) is 87.5 cm³/mol. The van der Waals surface area contributed by atoms with Gasteiger partial charge in [0.1, 0.15) is 11.6 Å². The monoisotopic (exact) mass is 317 g/mol. The molecule has 0 unspecified atom stereocenters. The maximum absolute atomic E-state index is 5.24. The van der Waals surface area contributed by atoms with E-state index in [1.165, 1.54) is 0 Å². The van der Waals surface area contributed by atoms with Gasteiger partial charge in [0, 0.05) is 25.9 Å². The molecule has 0 amide bonds. The van der Waals surface area contributed by atoms with Gasteiger partial charge in [-0.3, -0.25) is 0 Å². The average molecular weight is 317 g/mol. The highest BCUT2D eigenvalue weighted by atomic mass is 32.1. The van der Waals surface area contributed by atoms with Crippen LogP contribution in [0.1, 0.15) is 37.3 Å². The van der Waals surface area contributed by atoms with E-state index in [4.69, 9.17) is 4.52 Å². The number of anilines is 1. The molecular formula is C15H19N5OS. The van der Waals surface area contributed by atoms with Crippen LogP contribution in [0.2, 0.25) is 0 Å². The molecule has 0 saturated carbocycles. The normalized spacial score (nSPS) is 11.5. The van der Waals surface area contributed by atoms with Gasteiger partial charge in [-0.1, -0.05) is 19.0 Å². The predicted octanol–water partition coefficient (Wildman–Crippen LogP) is 3.19. The van der Waals surface area contributed by atoms with E-state index in [0.717, 1.165) is 40.6 Å².